The first kappa shape index (κ1) is 19.4. The van der Waals surface area contributed by atoms with E-state index in [4.69, 9.17) is 25.5 Å². The number of hydrogen-bond acceptors (Lipinski definition) is 5. The molecule has 0 aliphatic carbocycles. The predicted octanol–water partition coefficient (Wildman–Crippen LogP) is 5.47. The molecular formula is C19H23ClNO4P. The maximum absolute atomic E-state index is 13.5. The zero-order chi connectivity index (χ0) is 18.6. The van der Waals surface area contributed by atoms with Crippen LogP contribution in [0.5, 0.6) is 0 Å². The molecule has 1 saturated heterocycles. The zero-order valence-corrected chi connectivity index (χ0v) is 16.5. The van der Waals surface area contributed by atoms with Crippen LogP contribution in [0.25, 0.3) is 0 Å². The fourth-order valence-corrected chi connectivity index (χ4v) is 5.36. The van der Waals surface area contributed by atoms with Gasteiger partial charge in [0.05, 0.1) is 31.5 Å². The molecule has 2 atom stereocenters. The third kappa shape index (κ3) is 3.98. The maximum Gasteiger partial charge on any atom is 0.338 e. The van der Waals surface area contributed by atoms with Gasteiger partial charge in [0, 0.05) is 5.02 Å². The molecule has 0 saturated carbocycles. The molecule has 0 aromatic heterocycles. The van der Waals surface area contributed by atoms with Crippen LogP contribution in [-0.2, 0) is 18.5 Å². The SMILES string of the molecule is CCOP(=O)(OCC)[C@@H]1CON(c2ccccc2)[C@H]1c1ccc(Cl)cc1. The first-order chi connectivity index (χ1) is 12.6. The largest absolute Gasteiger partial charge is 0.338 e. The van der Waals surface area contributed by atoms with Crippen LogP contribution in [0.15, 0.2) is 54.6 Å². The molecule has 0 bridgehead atoms. The molecule has 5 nitrogen and oxygen atoms in total. The smallest absolute Gasteiger partial charge is 0.309 e. The average Bonchev–Trinajstić information content (AvgIpc) is 3.09. The number of hydroxylamine groups is 1. The minimum Gasteiger partial charge on any atom is -0.309 e. The summed E-state index contributed by atoms with van der Waals surface area (Å²) in [6.45, 7) is 4.50. The molecule has 0 unspecified atom stereocenters. The Bertz CT molecular complexity index is 746. The quantitative estimate of drug-likeness (QED) is 0.582. The average molecular weight is 396 g/mol. The van der Waals surface area contributed by atoms with Gasteiger partial charge in [-0.05, 0) is 43.7 Å². The van der Waals surface area contributed by atoms with E-state index in [-0.39, 0.29) is 12.6 Å². The second kappa shape index (κ2) is 8.55. The Hall–Kier alpha value is -1.36. The summed E-state index contributed by atoms with van der Waals surface area (Å²) >= 11 is 6.05. The standard InChI is InChI=1S/C19H23ClNO4P/c1-3-24-26(22,25-4-2)18-14-23-21(17-8-6-5-7-9-17)19(18)15-10-12-16(20)13-11-15/h5-13,18-19H,3-4,14H2,1-2H3/t18-,19+/m1/s1. The molecule has 3 rings (SSSR count). The number of halogens is 1. The highest BCUT2D eigenvalue weighted by Gasteiger charge is 2.49. The molecular weight excluding hydrogens is 373 g/mol. The van der Waals surface area contributed by atoms with Crippen LogP contribution in [-0.4, -0.2) is 25.5 Å². The molecule has 26 heavy (non-hydrogen) atoms. The first-order valence-corrected chi connectivity index (χ1v) is 10.7. The number of rotatable bonds is 7. The van der Waals surface area contributed by atoms with Crippen LogP contribution in [0.2, 0.25) is 5.02 Å². The Morgan fingerprint density at radius 2 is 1.69 bits per heavy atom. The van der Waals surface area contributed by atoms with Crippen molar-refractivity contribution < 1.29 is 18.5 Å². The van der Waals surface area contributed by atoms with Crippen molar-refractivity contribution in [1.82, 2.24) is 0 Å². The number of anilines is 1. The predicted molar refractivity (Wildman–Crippen MR) is 104 cm³/mol. The van der Waals surface area contributed by atoms with Crippen LogP contribution in [0.3, 0.4) is 0 Å². The first-order valence-electron chi connectivity index (χ1n) is 8.70. The molecule has 2 aromatic rings. The van der Waals surface area contributed by atoms with Crippen LogP contribution < -0.4 is 5.06 Å². The highest BCUT2D eigenvalue weighted by molar-refractivity contribution is 7.54. The lowest BCUT2D eigenvalue weighted by molar-refractivity contribution is 0.155. The van der Waals surface area contributed by atoms with E-state index < -0.39 is 13.3 Å². The summed E-state index contributed by atoms with van der Waals surface area (Å²) in [5.41, 5.74) is 1.39. The van der Waals surface area contributed by atoms with Gasteiger partial charge >= 0.3 is 7.60 Å². The summed E-state index contributed by atoms with van der Waals surface area (Å²) in [6, 6.07) is 16.9. The van der Waals surface area contributed by atoms with E-state index in [2.05, 4.69) is 0 Å². The van der Waals surface area contributed by atoms with Gasteiger partial charge in [-0.2, -0.15) is 0 Å². The lowest BCUT2D eigenvalue weighted by Crippen LogP contribution is -2.28. The molecule has 1 fully saturated rings. The zero-order valence-electron chi connectivity index (χ0n) is 14.9. The number of hydrogen-bond donors (Lipinski definition) is 0. The summed E-state index contributed by atoms with van der Waals surface area (Å²) in [6.07, 6.45) is 0. The van der Waals surface area contributed by atoms with Gasteiger partial charge < -0.3 is 9.05 Å². The van der Waals surface area contributed by atoms with Crippen molar-refractivity contribution in [3.05, 3.63) is 65.2 Å². The summed E-state index contributed by atoms with van der Waals surface area (Å²) in [4.78, 5) is 5.96. The van der Waals surface area contributed by atoms with Crippen molar-refractivity contribution in [2.75, 3.05) is 24.9 Å². The summed E-state index contributed by atoms with van der Waals surface area (Å²) in [7, 11) is -3.36. The maximum atomic E-state index is 13.5. The third-order valence-electron chi connectivity index (χ3n) is 4.25. The third-order valence-corrected chi connectivity index (χ3v) is 6.98. The van der Waals surface area contributed by atoms with Crippen molar-refractivity contribution >= 4 is 24.9 Å². The van der Waals surface area contributed by atoms with Gasteiger partial charge in [-0.15, -0.1) is 0 Å². The van der Waals surface area contributed by atoms with Crippen molar-refractivity contribution in [2.45, 2.75) is 25.5 Å². The Labute approximate surface area is 159 Å². The van der Waals surface area contributed by atoms with E-state index in [9.17, 15) is 4.57 Å². The minimum absolute atomic E-state index is 0.249. The molecule has 1 aliphatic rings. The molecule has 2 aromatic carbocycles. The minimum atomic E-state index is -3.36. The molecule has 0 N–H and O–H groups in total. The lowest BCUT2D eigenvalue weighted by atomic mass is 10.0. The van der Waals surface area contributed by atoms with Gasteiger partial charge in [0.15, 0.2) is 0 Å². The normalized spacial score (nSPS) is 20.5. The van der Waals surface area contributed by atoms with Crippen LogP contribution >= 0.6 is 19.2 Å². The van der Waals surface area contributed by atoms with Crippen molar-refractivity contribution in [2.24, 2.45) is 0 Å². The highest BCUT2D eigenvalue weighted by Crippen LogP contribution is 2.60. The summed E-state index contributed by atoms with van der Waals surface area (Å²) in [5, 5.41) is 2.44. The molecule has 7 heteroatoms. The van der Waals surface area contributed by atoms with E-state index in [0.717, 1.165) is 11.3 Å². The fraction of sp³-hybridized carbons (Fsp3) is 0.368. The Kier molecular flexibility index (Phi) is 6.38. The molecule has 1 aliphatic heterocycles. The lowest BCUT2D eigenvalue weighted by Gasteiger charge is -2.30. The summed E-state index contributed by atoms with van der Waals surface area (Å²) < 4.78 is 24.7. The van der Waals surface area contributed by atoms with E-state index in [1.807, 2.05) is 68.4 Å². The Morgan fingerprint density at radius 3 is 2.27 bits per heavy atom. The van der Waals surface area contributed by atoms with Gasteiger partial charge in [0.1, 0.15) is 5.66 Å². The van der Waals surface area contributed by atoms with E-state index >= 15 is 0 Å². The van der Waals surface area contributed by atoms with Gasteiger partial charge in [0.2, 0.25) is 0 Å². The van der Waals surface area contributed by atoms with Crippen LogP contribution in [0, 0.1) is 0 Å². The monoisotopic (exact) mass is 395 g/mol. The molecule has 0 amide bonds. The number of nitrogens with zero attached hydrogens (tertiary/aromatic N) is 1. The van der Waals surface area contributed by atoms with Crippen molar-refractivity contribution in [3.63, 3.8) is 0 Å². The molecule has 140 valence electrons. The van der Waals surface area contributed by atoms with Crippen LogP contribution in [0.4, 0.5) is 5.69 Å². The van der Waals surface area contributed by atoms with Gasteiger partial charge in [-0.25, -0.2) is 5.06 Å². The van der Waals surface area contributed by atoms with Gasteiger partial charge in [-0.1, -0.05) is 41.9 Å². The van der Waals surface area contributed by atoms with E-state index in [1.54, 1.807) is 5.06 Å². The second-order valence-electron chi connectivity index (χ2n) is 5.90. The van der Waals surface area contributed by atoms with Gasteiger partial charge in [-0.3, -0.25) is 9.40 Å². The summed E-state index contributed by atoms with van der Waals surface area (Å²) in [5.74, 6) is 0. The topological polar surface area (TPSA) is 48.0 Å². The van der Waals surface area contributed by atoms with E-state index in [0.29, 0.717) is 18.2 Å². The van der Waals surface area contributed by atoms with Gasteiger partial charge in [0.25, 0.3) is 0 Å². The number of para-hydroxylation sites is 1. The van der Waals surface area contributed by atoms with E-state index in [1.165, 1.54) is 0 Å². The Morgan fingerprint density at radius 1 is 1.08 bits per heavy atom. The molecule has 0 spiro atoms. The van der Waals surface area contributed by atoms with Crippen molar-refractivity contribution in [1.29, 1.82) is 0 Å². The second-order valence-corrected chi connectivity index (χ2v) is 8.59. The molecule has 1 heterocycles. The number of benzene rings is 2. The van der Waals surface area contributed by atoms with Crippen molar-refractivity contribution in [3.8, 4) is 0 Å². The fourth-order valence-electron chi connectivity index (χ4n) is 3.16. The Balaban J connectivity index is 2.03. The van der Waals surface area contributed by atoms with Crippen LogP contribution in [0.1, 0.15) is 25.5 Å². The molecule has 0 radical (unpaired) electrons. The highest BCUT2D eigenvalue weighted by atomic mass is 35.5.